The standard InChI is InChI=1S/C34H32F7N3O4/c1-5-44-27-12-10-22(18-25(27)26-19-23(11-13-28(26)44)29(45)24-9-7-6-8-20(24)2)21(3)42-48-30(46)31(4,43-14-16-47-17-15-43)32(35,36)33(37,38)34(39,40)41/h6-13,18-19H,5,14-17H2,1-4H3/b42-21+. The van der Waals surface area contributed by atoms with E-state index in [4.69, 9.17) is 9.57 Å². The molecule has 0 aliphatic carbocycles. The second-order valence-electron chi connectivity index (χ2n) is 11.7. The third-order valence-electron chi connectivity index (χ3n) is 8.92. The first kappa shape index (κ1) is 35.0. The van der Waals surface area contributed by atoms with Crippen LogP contribution in [-0.2, 0) is 20.9 Å². The van der Waals surface area contributed by atoms with Gasteiger partial charge in [-0.05, 0) is 69.2 Å². The minimum absolute atomic E-state index is 0.0509. The van der Waals surface area contributed by atoms with Crippen molar-refractivity contribution in [1.29, 1.82) is 0 Å². The molecule has 0 N–H and O–H groups in total. The number of ketones is 1. The van der Waals surface area contributed by atoms with Crippen LogP contribution in [0.3, 0.4) is 0 Å². The molecule has 1 unspecified atom stereocenters. The lowest BCUT2D eigenvalue weighted by molar-refractivity contribution is -0.375. The molecule has 256 valence electrons. The van der Waals surface area contributed by atoms with E-state index in [-0.39, 0.29) is 31.6 Å². The van der Waals surface area contributed by atoms with Gasteiger partial charge in [0.15, 0.2) is 11.3 Å². The zero-order valence-corrected chi connectivity index (χ0v) is 26.4. The van der Waals surface area contributed by atoms with Crippen LogP contribution in [0.4, 0.5) is 30.7 Å². The van der Waals surface area contributed by atoms with Crippen molar-refractivity contribution in [3.63, 3.8) is 0 Å². The number of ether oxygens (including phenoxy) is 1. The van der Waals surface area contributed by atoms with E-state index >= 15 is 8.78 Å². The van der Waals surface area contributed by atoms with Crippen LogP contribution in [0.25, 0.3) is 21.8 Å². The molecule has 0 saturated carbocycles. The van der Waals surface area contributed by atoms with Gasteiger partial charge in [-0.15, -0.1) is 0 Å². The molecule has 7 nitrogen and oxygen atoms in total. The molecule has 1 saturated heterocycles. The Kier molecular flexibility index (Phi) is 9.21. The number of rotatable bonds is 9. The molecule has 0 amide bonds. The maximum atomic E-state index is 15.3. The Morgan fingerprint density at radius 2 is 1.42 bits per heavy atom. The number of aryl methyl sites for hydroxylation is 2. The molecule has 48 heavy (non-hydrogen) atoms. The van der Waals surface area contributed by atoms with Gasteiger partial charge in [0.25, 0.3) is 0 Å². The van der Waals surface area contributed by atoms with Crippen molar-refractivity contribution in [3.05, 3.63) is 82.9 Å². The predicted molar refractivity (Wildman–Crippen MR) is 165 cm³/mol. The van der Waals surface area contributed by atoms with Gasteiger partial charge in [-0.3, -0.25) is 9.69 Å². The van der Waals surface area contributed by atoms with Crippen molar-refractivity contribution in [3.8, 4) is 0 Å². The predicted octanol–water partition coefficient (Wildman–Crippen LogP) is 7.54. The first-order valence-electron chi connectivity index (χ1n) is 15.0. The average Bonchev–Trinajstić information content (AvgIpc) is 3.38. The number of alkyl halides is 7. The fourth-order valence-electron chi connectivity index (χ4n) is 6.00. The second kappa shape index (κ2) is 12.6. The van der Waals surface area contributed by atoms with Crippen molar-refractivity contribution in [2.75, 3.05) is 26.3 Å². The van der Waals surface area contributed by atoms with E-state index in [1.54, 1.807) is 42.5 Å². The molecule has 2 heterocycles. The third kappa shape index (κ3) is 5.64. The van der Waals surface area contributed by atoms with Crippen LogP contribution >= 0.6 is 0 Å². The highest BCUT2D eigenvalue weighted by atomic mass is 19.4. The van der Waals surface area contributed by atoms with Gasteiger partial charge >= 0.3 is 24.0 Å². The van der Waals surface area contributed by atoms with E-state index in [9.17, 15) is 31.5 Å². The van der Waals surface area contributed by atoms with Crippen LogP contribution in [0, 0.1) is 6.92 Å². The Balaban J connectivity index is 1.53. The highest BCUT2D eigenvalue weighted by Crippen LogP contribution is 2.53. The van der Waals surface area contributed by atoms with E-state index < -0.39 is 42.6 Å². The fourth-order valence-corrected chi connectivity index (χ4v) is 6.00. The number of nitrogens with zero attached hydrogens (tertiary/aromatic N) is 3. The summed E-state index contributed by atoms with van der Waals surface area (Å²) in [7, 11) is 0. The van der Waals surface area contributed by atoms with E-state index in [0.29, 0.717) is 38.9 Å². The summed E-state index contributed by atoms with van der Waals surface area (Å²) >= 11 is 0. The number of carbonyl (C=O) groups is 2. The Labute approximate surface area is 270 Å². The van der Waals surface area contributed by atoms with E-state index in [1.807, 2.05) is 36.6 Å². The van der Waals surface area contributed by atoms with Gasteiger partial charge in [0.2, 0.25) is 0 Å². The first-order chi connectivity index (χ1) is 22.5. The molecule has 1 aliphatic rings. The van der Waals surface area contributed by atoms with Gasteiger partial charge in [-0.1, -0.05) is 35.5 Å². The van der Waals surface area contributed by atoms with Crippen LogP contribution in [0.5, 0.6) is 0 Å². The Bertz CT molecular complexity index is 1910. The Morgan fingerprint density at radius 1 is 0.854 bits per heavy atom. The number of hydrogen-bond donors (Lipinski definition) is 0. The first-order valence-corrected chi connectivity index (χ1v) is 15.0. The fraction of sp³-hybridized carbons (Fsp3) is 0.382. The quantitative estimate of drug-likeness (QED) is 0.0601. The van der Waals surface area contributed by atoms with Gasteiger partial charge in [0.1, 0.15) is 0 Å². The van der Waals surface area contributed by atoms with Gasteiger partial charge in [0, 0.05) is 52.6 Å². The summed E-state index contributed by atoms with van der Waals surface area (Å²) in [6.45, 7) is 4.34. The van der Waals surface area contributed by atoms with Crippen molar-refractivity contribution in [1.82, 2.24) is 9.47 Å². The zero-order valence-electron chi connectivity index (χ0n) is 26.4. The molecule has 14 heteroatoms. The molecule has 1 aromatic heterocycles. The van der Waals surface area contributed by atoms with Gasteiger partial charge in [-0.2, -0.15) is 30.7 Å². The average molecular weight is 680 g/mol. The number of fused-ring (bicyclic) bond motifs is 3. The lowest BCUT2D eigenvalue weighted by Gasteiger charge is -2.46. The van der Waals surface area contributed by atoms with E-state index in [2.05, 4.69) is 5.16 Å². The zero-order chi connectivity index (χ0) is 35.2. The molecule has 0 radical (unpaired) electrons. The second-order valence-corrected chi connectivity index (χ2v) is 11.7. The molecular formula is C34H32F7N3O4. The number of aromatic nitrogens is 1. The highest BCUT2D eigenvalue weighted by Gasteiger charge is 2.82. The normalized spacial score (nSPS) is 16.7. The van der Waals surface area contributed by atoms with Crippen LogP contribution in [0.2, 0.25) is 0 Å². The molecule has 0 bridgehead atoms. The van der Waals surface area contributed by atoms with Crippen molar-refractivity contribution in [2.45, 2.75) is 57.8 Å². The lowest BCUT2D eigenvalue weighted by Crippen LogP contribution is -2.73. The molecule has 3 aromatic carbocycles. The molecule has 0 spiro atoms. The summed E-state index contributed by atoms with van der Waals surface area (Å²) in [5, 5.41) is 5.01. The molecule has 4 aromatic rings. The van der Waals surface area contributed by atoms with E-state index in [0.717, 1.165) is 16.6 Å². The number of oxime groups is 1. The molecule has 5 rings (SSSR count). The number of carbonyl (C=O) groups excluding carboxylic acids is 2. The number of halogens is 7. The van der Waals surface area contributed by atoms with Gasteiger partial charge in [-0.25, -0.2) is 4.79 Å². The minimum atomic E-state index is -6.67. The lowest BCUT2D eigenvalue weighted by atomic mass is 9.86. The summed E-state index contributed by atoms with van der Waals surface area (Å²) in [5.74, 6) is -14.8. The Morgan fingerprint density at radius 3 is 1.98 bits per heavy atom. The Hall–Kier alpha value is -4.30. The van der Waals surface area contributed by atoms with Gasteiger partial charge < -0.3 is 14.1 Å². The molecule has 1 atom stereocenters. The summed E-state index contributed by atoms with van der Waals surface area (Å²) in [6.07, 6.45) is -6.67. The summed E-state index contributed by atoms with van der Waals surface area (Å²) < 4.78 is 106. The number of hydrogen-bond acceptors (Lipinski definition) is 6. The molecule has 1 fully saturated rings. The van der Waals surface area contributed by atoms with Crippen LogP contribution < -0.4 is 0 Å². The minimum Gasteiger partial charge on any atom is -0.379 e. The number of morpholine rings is 1. The number of benzene rings is 3. The molecule has 1 aliphatic heterocycles. The maximum Gasteiger partial charge on any atom is 0.459 e. The third-order valence-corrected chi connectivity index (χ3v) is 8.92. The summed E-state index contributed by atoms with van der Waals surface area (Å²) in [5.41, 5.74) is -0.0761. The van der Waals surface area contributed by atoms with Crippen molar-refractivity contribution >= 4 is 39.3 Å². The van der Waals surface area contributed by atoms with Crippen molar-refractivity contribution in [2.24, 2.45) is 5.16 Å². The van der Waals surface area contributed by atoms with Crippen LogP contribution in [0.1, 0.15) is 47.8 Å². The highest BCUT2D eigenvalue weighted by molar-refractivity contribution is 6.16. The summed E-state index contributed by atoms with van der Waals surface area (Å²) in [6, 6.07) is 17.5. The SMILES string of the molecule is CCn1c2ccc(C(=O)c3ccccc3C)cc2c2cc(/C(C)=N/OC(=O)C(C)(N3CCOCC3)C(F)(F)C(F)(F)C(F)(F)F)ccc21. The summed E-state index contributed by atoms with van der Waals surface area (Å²) in [4.78, 5) is 31.8. The van der Waals surface area contributed by atoms with Gasteiger partial charge in [0.05, 0.1) is 18.9 Å². The topological polar surface area (TPSA) is 73.1 Å². The largest absolute Gasteiger partial charge is 0.459 e. The smallest absolute Gasteiger partial charge is 0.379 e. The monoisotopic (exact) mass is 679 g/mol. The van der Waals surface area contributed by atoms with Crippen LogP contribution in [0.15, 0.2) is 65.8 Å². The van der Waals surface area contributed by atoms with Crippen molar-refractivity contribution < 1.29 is 49.9 Å². The van der Waals surface area contributed by atoms with E-state index in [1.165, 1.54) is 6.92 Å². The van der Waals surface area contributed by atoms with Crippen LogP contribution in [-0.4, -0.2) is 76.8 Å². The maximum absolute atomic E-state index is 15.3. The molecular weight excluding hydrogens is 647 g/mol.